The van der Waals surface area contributed by atoms with Crippen LogP contribution in [0.1, 0.15) is 90.4 Å². The smallest absolute Gasteiger partial charge is 0.333 e. The minimum atomic E-state index is -0.168. The van der Waals surface area contributed by atoms with Gasteiger partial charge in [0, 0.05) is 11.5 Å². The van der Waals surface area contributed by atoms with Crippen LogP contribution in [0.2, 0.25) is 0 Å². The summed E-state index contributed by atoms with van der Waals surface area (Å²) in [4.78, 5) is 12.4. The Morgan fingerprint density at radius 2 is 1.67 bits per heavy atom. The van der Waals surface area contributed by atoms with Gasteiger partial charge >= 0.3 is 5.97 Å². The molecule has 24 heavy (non-hydrogen) atoms. The van der Waals surface area contributed by atoms with Crippen molar-refractivity contribution in [3.05, 3.63) is 12.2 Å². The highest BCUT2D eigenvalue weighted by Gasteiger charge is 2.55. The van der Waals surface area contributed by atoms with Crippen molar-refractivity contribution < 1.29 is 9.53 Å². The van der Waals surface area contributed by atoms with Gasteiger partial charge in [-0.05, 0) is 82.0 Å². The molecule has 4 aliphatic carbocycles. The summed E-state index contributed by atoms with van der Waals surface area (Å²) in [5.74, 6) is 2.21. The van der Waals surface area contributed by atoms with Gasteiger partial charge in [0.1, 0.15) is 5.60 Å². The molecule has 0 amide bonds. The molecule has 2 nitrogen and oxygen atoms in total. The zero-order valence-corrected chi connectivity index (χ0v) is 15.4. The summed E-state index contributed by atoms with van der Waals surface area (Å²) >= 11 is 0. The van der Waals surface area contributed by atoms with E-state index in [0.717, 1.165) is 24.7 Å². The van der Waals surface area contributed by atoms with E-state index in [9.17, 15) is 4.79 Å². The minimum Gasteiger partial charge on any atom is -0.455 e. The first kappa shape index (κ1) is 16.7. The van der Waals surface area contributed by atoms with E-state index in [1.54, 1.807) is 6.92 Å². The van der Waals surface area contributed by atoms with Gasteiger partial charge in [0.2, 0.25) is 0 Å². The third kappa shape index (κ3) is 2.84. The van der Waals surface area contributed by atoms with Crippen molar-refractivity contribution in [1.82, 2.24) is 0 Å². The molecule has 2 heteroatoms. The van der Waals surface area contributed by atoms with Crippen LogP contribution in [0.15, 0.2) is 12.2 Å². The number of fused-ring (bicyclic) bond motifs is 2. The maximum absolute atomic E-state index is 12.4. The zero-order chi connectivity index (χ0) is 16.8. The second-order valence-corrected chi connectivity index (χ2v) is 9.58. The maximum Gasteiger partial charge on any atom is 0.333 e. The Kier molecular flexibility index (Phi) is 4.29. The molecule has 3 atom stereocenters. The topological polar surface area (TPSA) is 26.3 Å². The van der Waals surface area contributed by atoms with Crippen molar-refractivity contribution in [3.8, 4) is 0 Å². The first-order chi connectivity index (χ1) is 11.5. The molecule has 1 spiro atoms. The average Bonchev–Trinajstić information content (AvgIpc) is 3.21. The van der Waals surface area contributed by atoms with Crippen LogP contribution in [0, 0.1) is 23.2 Å². The van der Waals surface area contributed by atoms with Gasteiger partial charge < -0.3 is 4.74 Å². The minimum absolute atomic E-state index is 0.141. The number of esters is 1. The second kappa shape index (κ2) is 6.18. The second-order valence-electron chi connectivity index (χ2n) is 9.58. The van der Waals surface area contributed by atoms with E-state index in [4.69, 9.17) is 4.74 Å². The molecule has 4 rings (SSSR count). The highest BCUT2D eigenvalue weighted by molar-refractivity contribution is 5.87. The van der Waals surface area contributed by atoms with E-state index < -0.39 is 0 Å². The average molecular weight is 331 g/mol. The Labute approximate surface area is 147 Å². The van der Waals surface area contributed by atoms with Crippen LogP contribution in [-0.4, -0.2) is 11.6 Å². The molecular weight excluding hydrogens is 296 g/mol. The normalized spacial score (nSPS) is 36.6. The lowest BCUT2D eigenvalue weighted by atomic mass is 9.58. The number of hydrogen-bond donors (Lipinski definition) is 0. The van der Waals surface area contributed by atoms with Crippen molar-refractivity contribution in [2.45, 2.75) is 96.0 Å². The molecular formula is C22H34O2. The molecule has 0 radical (unpaired) electrons. The summed E-state index contributed by atoms with van der Waals surface area (Å²) < 4.78 is 6.27. The fourth-order valence-electron chi connectivity index (χ4n) is 6.71. The van der Waals surface area contributed by atoms with Crippen molar-refractivity contribution in [3.63, 3.8) is 0 Å². The SMILES string of the molecule is C=C(C)C(=O)OC1(C2CC3CCC2C3)CCC2(CCCCC2)CC1. The number of rotatable bonds is 3. The van der Waals surface area contributed by atoms with E-state index in [0.29, 0.717) is 16.9 Å². The van der Waals surface area contributed by atoms with Crippen molar-refractivity contribution >= 4 is 5.97 Å². The quantitative estimate of drug-likeness (QED) is 0.482. The molecule has 0 aliphatic heterocycles. The molecule has 0 aromatic rings. The summed E-state index contributed by atoms with van der Waals surface area (Å²) in [6.07, 6.45) is 17.3. The van der Waals surface area contributed by atoms with Crippen molar-refractivity contribution in [2.75, 3.05) is 0 Å². The third-order valence-electron chi connectivity index (χ3n) is 8.13. The van der Waals surface area contributed by atoms with Gasteiger partial charge in [-0.1, -0.05) is 32.3 Å². The number of ether oxygens (including phenoxy) is 1. The molecule has 3 unspecified atom stereocenters. The lowest BCUT2D eigenvalue weighted by Gasteiger charge is -2.51. The number of hydrogen-bond acceptors (Lipinski definition) is 2. The monoisotopic (exact) mass is 330 g/mol. The molecule has 0 saturated heterocycles. The van der Waals surface area contributed by atoms with Crippen LogP contribution in [0.5, 0.6) is 0 Å². The fraction of sp³-hybridized carbons (Fsp3) is 0.864. The maximum atomic E-state index is 12.4. The molecule has 0 aromatic heterocycles. The van der Waals surface area contributed by atoms with Crippen molar-refractivity contribution in [1.29, 1.82) is 0 Å². The molecule has 134 valence electrons. The lowest BCUT2D eigenvalue weighted by Crippen LogP contribution is -2.50. The van der Waals surface area contributed by atoms with E-state index in [1.807, 2.05) is 0 Å². The molecule has 0 aromatic carbocycles. The highest BCUT2D eigenvalue weighted by atomic mass is 16.6. The zero-order valence-electron chi connectivity index (χ0n) is 15.4. The predicted molar refractivity (Wildman–Crippen MR) is 96.6 cm³/mol. The Morgan fingerprint density at radius 3 is 2.21 bits per heavy atom. The molecule has 4 aliphatic rings. The van der Waals surface area contributed by atoms with Gasteiger partial charge in [-0.25, -0.2) is 4.79 Å². The van der Waals surface area contributed by atoms with Crippen LogP contribution >= 0.6 is 0 Å². The Morgan fingerprint density at radius 1 is 0.958 bits per heavy atom. The summed E-state index contributed by atoms with van der Waals surface area (Å²) in [7, 11) is 0. The molecule has 0 N–H and O–H groups in total. The highest BCUT2D eigenvalue weighted by Crippen LogP contribution is 2.60. The summed E-state index contributed by atoms with van der Waals surface area (Å²) in [6, 6.07) is 0. The molecule has 4 saturated carbocycles. The Hall–Kier alpha value is -0.790. The van der Waals surface area contributed by atoms with E-state index >= 15 is 0 Å². The van der Waals surface area contributed by atoms with E-state index in [1.165, 1.54) is 70.6 Å². The Bertz CT molecular complexity index is 504. The first-order valence-electron chi connectivity index (χ1n) is 10.4. The van der Waals surface area contributed by atoms with Crippen LogP contribution in [-0.2, 0) is 9.53 Å². The predicted octanol–water partition coefficient (Wildman–Crippen LogP) is 5.81. The number of carbonyl (C=O) groups is 1. The first-order valence-corrected chi connectivity index (χ1v) is 10.4. The largest absolute Gasteiger partial charge is 0.455 e. The summed E-state index contributed by atoms with van der Waals surface area (Å²) in [5.41, 5.74) is 0.976. The fourth-order valence-corrected chi connectivity index (χ4v) is 6.71. The number of carbonyl (C=O) groups excluding carboxylic acids is 1. The van der Waals surface area contributed by atoms with Gasteiger partial charge in [-0.15, -0.1) is 0 Å². The Balaban J connectivity index is 1.53. The molecule has 4 fully saturated rings. The van der Waals surface area contributed by atoms with Crippen molar-refractivity contribution in [2.24, 2.45) is 23.2 Å². The van der Waals surface area contributed by atoms with Crippen LogP contribution < -0.4 is 0 Å². The van der Waals surface area contributed by atoms with Gasteiger partial charge in [0.25, 0.3) is 0 Å². The van der Waals surface area contributed by atoms with Gasteiger partial charge in [0.05, 0.1) is 0 Å². The van der Waals surface area contributed by atoms with Crippen LogP contribution in [0.4, 0.5) is 0 Å². The van der Waals surface area contributed by atoms with E-state index in [-0.39, 0.29) is 11.6 Å². The van der Waals surface area contributed by atoms with Crippen LogP contribution in [0.3, 0.4) is 0 Å². The molecule has 2 bridgehead atoms. The van der Waals surface area contributed by atoms with Gasteiger partial charge in [-0.2, -0.15) is 0 Å². The summed E-state index contributed by atoms with van der Waals surface area (Å²) in [5, 5.41) is 0. The third-order valence-corrected chi connectivity index (χ3v) is 8.13. The lowest BCUT2D eigenvalue weighted by molar-refractivity contribution is -0.175. The molecule has 0 heterocycles. The summed E-state index contributed by atoms with van der Waals surface area (Å²) in [6.45, 7) is 5.63. The van der Waals surface area contributed by atoms with Gasteiger partial charge in [-0.3, -0.25) is 0 Å². The van der Waals surface area contributed by atoms with Gasteiger partial charge in [0.15, 0.2) is 0 Å². The standard InChI is InChI=1S/C22H34O2/c1-16(2)20(23)24-22(19-15-17-6-7-18(19)14-17)12-10-21(11-13-22)8-4-3-5-9-21/h17-19H,1,3-15H2,2H3. The van der Waals surface area contributed by atoms with E-state index in [2.05, 4.69) is 6.58 Å². The van der Waals surface area contributed by atoms with Crippen LogP contribution in [0.25, 0.3) is 0 Å².